The second-order valence-corrected chi connectivity index (χ2v) is 4.95. The van der Waals surface area contributed by atoms with Crippen molar-refractivity contribution in [2.45, 2.75) is 13.8 Å². The summed E-state index contributed by atoms with van der Waals surface area (Å²) in [6, 6.07) is 14.7. The molecule has 4 heteroatoms. The van der Waals surface area contributed by atoms with Gasteiger partial charge in [0.25, 0.3) is 5.91 Å². The molecule has 0 aliphatic heterocycles. The fourth-order valence-electron chi connectivity index (χ4n) is 1.74. The number of nitrogens with one attached hydrogen (secondary N) is 1. The van der Waals surface area contributed by atoms with Crippen molar-refractivity contribution in [3.05, 3.63) is 70.2 Å². The number of hydrogen-bond acceptors (Lipinski definition) is 2. The third kappa shape index (κ3) is 3.68. The van der Waals surface area contributed by atoms with Crippen LogP contribution in [-0.2, 0) is 0 Å². The van der Waals surface area contributed by atoms with Gasteiger partial charge in [0, 0.05) is 10.6 Å². The Morgan fingerprint density at radius 2 is 1.80 bits per heavy atom. The average Bonchev–Trinajstić information content (AvgIpc) is 2.45. The molecule has 2 aromatic carbocycles. The number of amides is 1. The molecule has 0 unspecified atom stereocenters. The van der Waals surface area contributed by atoms with Crippen LogP contribution in [0.2, 0.25) is 5.02 Å². The first-order chi connectivity index (χ1) is 9.56. The molecule has 0 spiro atoms. The molecule has 0 fully saturated rings. The third-order valence-electron chi connectivity index (χ3n) is 2.87. The van der Waals surface area contributed by atoms with Gasteiger partial charge < -0.3 is 0 Å². The summed E-state index contributed by atoms with van der Waals surface area (Å²) in [4.78, 5) is 11.9. The third-order valence-corrected chi connectivity index (χ3v) is 3.12. The van der Waals surface area contributed by atoms with Gasteiger partial charge in [-0.25, -0.2) is 5.43 Å². The molecular weight excluding hydrogens is 272 g/mol. The van der Waals surface area contributed by atoms with E-state index in [1.54, 1.807) is 18.2 Å². The van der Waals surface area contributed by atoms with Gasteiger partial charge in [-0.3, -0.25) is 4.79 Å². The molecule has 0 saturated carbocycles. The molecule has 0 aliphatic rings. The van der Waals surface area contributed by atoms with Crippen molar-refractivity contribution in [3.63, 3.8) is 0 Å². The van der Waals surface area contributed by atoms with Crippen molar-refractivity contribution in [1.82, 2.24) is 5.43 Å². The summed E-state index contributed by atoms with van der Waals surface area (Å²) in [5.74, 6) is -0.220. The van der Waals surface area contributed by atoms with Crippen LogP contribution in [0.5, 0.6) is 0 Å². The Bertz CT molecular complexity index is 648. The van der Waals surface area contributed by atoms with Gasteiger partial charge in [0.15, 0.2) is 0 Å². The lowest BCUT2D eigenvalue weighted by Crippen LogP contribution is -2.19. The van der Waals surface area contributed by atoms with Crippen molar-refractivity contribution in [2.24, 2.45) is 5.10 Å². The second-order valence-electron chi connectivity index (χ2n) is 4.51. The van der Waals surface area contributed by atoms with Gasteiger partial charge >= 0.3 is 0 Å². The fourth-order valence-corrected chi connectivity index (χ4v) is 1.87. The maximum absolute atomic E-state index is 11.9. The zero-order valence-corrected chi connectivity index (χ0v) is 12.1. The van der Waals surface area contributed by atoms with Crippen molar-refractivity contribution >= 4 is 23.2 Å². The van der Waals surface area contributed by atoms with Gasteiger partial charge in [-0.05, 0) is 43.7 Å². The Labute approximate surface area is 123 Å². The van der Waals surface area contributed by atoms with Crippen LogP contribution < -0.4 is 5.43 Å². The number of hydrazone groups is 1. The molecule has 2 rings (SSSR count). The minimum atomic E-state index is -0.220. The normalized spacial score (nSPS) is 11.2. The zero-order chi connectivity index (χ0) is 14.5. The van der Waals surface area contributed by atoms with Crippen LogP contribution in [0.4, 0.5) is 0 Å². The molecule has 0 aliphatic carbocycles. The number of hydrogen-bond donors (Lipinski definition) is 1. The minimum Gasteiger partial charge on any atom is -0.267 e. The monoisotopic (exact) mass is 286 g/mol. The number of carbonyl (C=O) groups is 1. The maximum Gasteiger partial charge on any atom is 0.271 e. The van der Waals surface area contributed by atoms with Crippen LogP contribution in [0.15, 0.2) is 53.6 Å². The number of carbonyl (C=O) groups excluding carboxylic acids is 1. The van der Waals surface area contributed by atoms with Gasteiger partial charge in [0.2, 0.25) is 0 Å². The molecule has 1 N–H and O–H groups in total. The molecule has 0 aromatic heterocycles. The van der Waals surface area contributed by atoms with Crippen molar-refractivity contribution in [2.75, 3.05) is 0 Å². The molecule has 2 aromatic rings. The summed E-state index contributed by atoms with van der Waals surface area (Å²) in [6.45, 7) is 3.78. The molecule has 20 heavy (non-hydrogen) atoms. The summed E-state index contributed by atoms with van der Waals surface area (Å²) < 4.78 is 0. The van der Waals surface area contributed by atoms with Crippen LogP contribution in [0, 0.1) is 6.92 Å². The molecule has 3 nitrogen and oxygen atoms in total. The molecule has 0 radical (unpaired) electrons. The second kappa shape index (κ2) is 6.35. The van der Waals surface area contributed by atoms with E-state index in [0.29, 0.717) is 10.6 Å². The highest BCUT2D eigenvalue weighted by molar-refractivity contribution is 6.30. The largest absolute Gasteiger partial charge is 0.271 e. The quantitative estimate of drug-likeness (QED) is 0.677. The molecule has 1 amide bonds. The van der Waals surface area contributed by atoms with E-state index in [1.165, 1.54) is 0 Å². The molecule has 0 bridgehead atoms. The number of halogens is 1. The Hall–Kier alpha value is -2.13. The topological polar surface area (TPSA) is 41.5 Å². The SMILES string of the molecule is CC(=NNC(=O)c1cccc(C)c1)c1ccc(Cl)cc1. The molecule has 102 valence electrons. The summed E-state index contributed by atoms with van der Waals surface area (Å²) >= 11 is 5.83. The van der Waals surface area contributed by atoms with E-state index in [1.807, 2.05) is 44.2 Å². The van der Waals surface area contributed by atoms with Gasteiger partial charge in [-0.15, -0.1) is 0 Å². The fraction of sp³-hybridized carbons (Fsp3) is 0.125. The van der Waals surface area contributed by atoms with E-state index in [4.69, 9.17) is 11.6 Å². The van der Waals surface area contributed by atoms with E-state index in [2.05, 4.69) is 10.5 Å². The van der Waals surface area contributed by atoms with Crippen molar-refractivity contribution in [1.29, 1.82) is 0 Å². The first kappa shape index (κ1) is 14.3. The standard InChI is InChI=1S/C16H15ClN2O/c1-11-4-3-5-14(10-11)16(20)19-18-12(2)13-6-8-15(17)9-7-13/h3-10H,1-2H3,(H,19,20). The van der Waals surface area contributed by atoms with Crippen LogP contribution in [-0.4, -0.2) is 11.6 Å². The van der Waals surface area contributed by atoms with Gasteiger partial charge in [0.05, 0.1) is 5.71 Å². The Morgan fingerprint density at radius 3 is 2.45 bits per heavy atom. The van der Waals surface area contributed by atoms with E-state index < -0.39 is 0 Å². The maximum atomic E-state index is 11.9. The number of aryl methyl sites for hydroxylation is 1. The lowest BCUT2D eigenvalue weighted by molar-refractivity contribution is 0.0954. The molecule has 0 atom stereocenters. The van der Waals surface area contributed by atoms with Crippen molar-refractivity contribution < 1.29 is 4.79 Å². The Morgan fingerprint density at radius 1 is 1.10 bits per heavy atom. The molecule has 0 saturated heterocycles. The van der Waals surface area contributed by atoms with E-state index in [-0.39, 0.29) is 5.91 Å². The van der Waals surface area contributed by atoms with Crippen LogP contribution in [0.3, 0.4) is 0 Å². The number of nitrogens with zero attached hydrogens (tertiary/aromatic N) is 1. The van der Waals surface area contributed by atoms with E-state index in [0.717, 1.165) is 16.8 Å². The van der Waals surface area contributed by atoms with E-state index in [9.17, 15) is 4.79 Å². The summed E-state index contributed by atoms with van der Waals surface area (Å²) in [6.07, 6.45) is 0. The first-order valence-corrected chi connectivity index (χ1v) is 6.61. The van der Waals surface area contributed by atoms with Gasteiger partial charge in [-0.1, -0.05) is 41.4 Å². The minimum absolute atomic E-state index is 0.220. The highest BCUT2D eigenvalue weighted by Crippen LogP contribution is 2.10. The lowest BCUT2D eigenvalue weighted by Gasteiger charge is -2.04. The highest BCUT2D eigenvalue weighted by Gasteiger charge is 2.04. The molecule has 0 heterocycles. The average molecular weight is 287 g/mol. The van der Waals surface area contributed by atoms with Gasteiger partial charge in [0.1, 0.15) is 0 Å². The van der Waals surface area contributed by atoms with E-state index >= 15 is 0 Å². The van der Waals surface area contributed by atoms with Crippen molar-refractivity contribution in [3.8, 4) is 0 Å². The summed E-state index contributed by atoms with van der Waals surface area (Å²) in [5, 5.41) is 4.78. The number of benzene rings is 2. The highest BCUT2D eigenvalue weighted by atomic mass is 35.5. The summed E-state index contributed by atoms with van der Waals surface area (Å²) in [7, 11) is 0. The predicted octanol–water partition coefficient (Wildman–Crippen LogP) is 3.80. The zero-order valence-electron chi connectivity index (χ0n) is 11.4. The summed E-state index contributed by atoms with van der Waals surface area (Å²) in [5.41, 5.74) is 5.83. The first-order valence-electron chi connectivity index (χ1n) is 6.23. The van der Waals surface area contributed by atoms with Crippen LogP contribution >= 0.6 is 11.6 Å². The van der Waals surface area contributed by atoms with Crippen LogP contribution in [0.25, 0.3) is 0 Å². The lowest BCUT2D eigenvalue weighted by atomic mass is 10.1. The van der Waals surface area contributed by atoms with Gasteiger partial charge in [-0.2, -0.15) is 5.10 Å². The molecular formula is C16H15ClN2O. The predicted molar refractivity (Wildman–Crippen MR) is 82.3 cm³/mol. The Kier molecular flexibility index (Phi) is 4.53. The smallest absolute Gasteiger partial charge is 0.267 e. The van der Waals surface area contributed by atoms with Crippen LogP contribution in [0.1, 0.15) is 28.4 Å². The Balaban J connectivity index is 2.08. The number of rotatable bonds is 3.